The molecule has 0 atom stereocenters. The molecule has 2 aromatic carbocycles. The van der Waals surface area contributed by atoms with Gasteiger partial charge in [0, 0.05) is 11.1 Å². The van der Waals surface area contributed by atoms with Gasteiger partial charge in [-0.2, -0.15) is 5.10 Å². The molecule has 0 radical (unpaired) electrons. The number of aryl methyl sites for hydroxylation is 3. The molecule has 7 heteroatoms. The Morgan fingerprint density at radius 2 is 1.71 bits per heavy atom. The van der Waals surface area contributed by atoms with Gasteiger partial charge >= 0.3 is 0 Å². The van der Waals surface area contributed by atoms with Crippen LogP contribution in [0.1, 0.15) is 16.7 Å². The van der Waals surface area contributed by atoms with Crippen LogP contribution in [0.2, 0.25) is 0 Å². The van der Waals surface area contributed by atoms with Crippen LogP contribution in [0.3, 0.4) is 0 Å². The highest BCUT2D eigenvalue weighted by atomic mass is 16.2. The summed E-state index contributed by atoms with van der Waals surface area (Å²) in [4.78, 5) is 36.7. The van der Waals surface area contributed by atoms with Crippen molar-refractivity contribution in [1.29, 1.82) is 0 Å². The van der Waals surface area contributed by atoms with Crippen molar-refractivity contribution in [3.63, 3.8) is 0 Å². The van der Waals surface area contributed by atoms with Crippen molar-refractivity contribution in [3.05, 3.63) is 69.6 Å². The molecule has 0 fully saturated rings. The van der Waals surface area contributed by atoms with Gasteiger partial charge in [-0.3, -0.25) is 14.4 Å². The van der Waals surface area contributed by atoms with Crippen molar-refractivity contribution < 1.29 is 9.59 Å². The molecule has 0 bridgehead atoms. The van der Waals surface area contributed by atoms with E-state index in [9.17, 15) is 14.4 Å². The molecule has 0 unspecified atom stereocenters. The predicted molar refractivity (Wildman–Crippen MR) is 108 cm³/mol. The fourth-order valence-corrected chi connectivity index (χ4v) is 3.17. The van der Waals surface area contributed by atoms with E-state index in [-0.39, 0.29) is 24.6 Å². The van der Waals surface area contributed by atoms with Gasteiger partial charge in [-0.25, -0.2) is 4.68 Å². The number of amides is 2. The predicted octanol–water partition coefficient (Wildman–Crippen LogP) is 2.08. The normalized spacial score (nSPS) is 10.7. The maximum Gasteiger partial charge on any atom is 0.275 e. The second kappa shape index (κ2) is 8.04. The molecule has 0 aliphatic heterocycles. The van der Waals surface area contributed by atoms with Gasteiger partial charge in [-0.05, 0) is 38.0 Å². The third-order valence-corrected chi connectivity index (χ3v) is 4.44. The van der Waals surface area contributed by atoms with Crippen LogP contribution in [0.15, 0.2) is 47.4 Å². The van der Waals surface area contributed by atoms with E-state index in [1.54, 1.807) is 24.4 Å². The summed E-state index contributed by atoms with van der Waals surface area (Å²) in [6.07, 6.45) is 1.54. The molecule has 0 aliphatic rings. The molecule has 0 saturated carbocycles. The summed E-state index contributed by atoms with van der Waals surface area (Å²) in [5.74, 6) is -0.792. The van der Waals surface area contributed by atoms with E-state index in [2.05, 4.69) is 15.7 Å². The zero-order chi connectivity index (χ0) is 20.3. The van der Waals surface area contributed by atoms with Crippen molar-refractivity contribution in [3.8, 4) is 0 Å². The Kier molecular flexibility index (Phi) is 5.54. The molecule has 3 rings (SSSR count). The SMILES string of the molecule is Cc1cc(C)c(NC(=O)CNC(=O)Cn2ncc3ccccc3c2=O)c(C)c1. The highest BCUT2D eigenvalue weighted by molar-refractivity contribution is 5.95. The number of carbonyl (C=O) groups is 2. The molecule has 144 valence electrons. The first-order chi connectivity index (χ1) is 13.3. The minimum atomic E-state index is -0.461. The van der Waals surface area contributed by atoms with Crippen LogP contribution in [0.4, 0.5) is 5.69 Å². The van der Waals surface area contributed by atoms with E-state index in [4.69, 9.17) is 0 Å². The molecule has 1 aromatic heterocycles. The average Bonchev–Trinajstić information content (AvgIpc) is 2.65. The van der Waals surface area contributed by atoms with Crippen LogP contribution in [0.25, 0.3) is 10.8 Å². The van der Waals surface area contributed by atoms with E-state index in [0.717, 1.165) is 27.1 Å². The number of hydrogen-bond donors (Lipinski definition) is 2. The minimum absolute atomic E-state index is 0.187. The Bertz CT molecular complexity index is 1100. The van der Waals surface area contributed by atoms with Gasteiger partial charge < -0.3 is 10.6 Å². The maximum atomic E-state index is 12.4. The first-order valence-corrected chi connectivity index (χ1v) is 8.94. The average molecular weight is 378 g/mol. The van der Waals surface area contributed by atoms with Gasteiger partial charge in [-0.1, -0.05) is 35.9 Å². The van der Waals surface area contributed by atoms with Crippen molar-refractivity contribution >= 4 is 28.3 Å². The standard InChI is InChI=1S/C21H22N4O3/c1-13-8-14(2)20(15(3)9-13)24-18(26)11-22-19(27)12-25-21(28)17-7-5-4-6-16(17)10-23-25/h4-10H,11-12H2,1-3H3,(H,22,27)(H,24,26). The Hall–Kier alpha value is -3.48. The first kappa shape index (κ1) is 19.3. The minimum Gasteiger partial charge on any atom is -0.345 e. The van der Waals surface area contributed by atoms with Crippen LogP contribution in [0, 0.1) is 20.8 Å². The summed E-state index contributed by atoms with van der Waals surface area (Å²) in [6.45, 7) is 5.40. The first-order valence-electron chi connectivity index (χ1n) is 8.94. The molecule has 2 N–H and O–H groups in total. The molecule has 28 heavy (non-hydrogen) atoms. The number of anilines is 1. The Morgan fingerprint density at radius 1 is 1.04 bits per heavy atom. The van der Waals surface area contributed by atoms with Crippen LogP contribution in [-0.2, 0) is 16.1 Å². The smallest absolute Gasteiger partial charge is 0.275 e. The number of nitrogens with zero attached hydrogens (tertiary/aromatic N) is 2. The lowest BCUT2D eigenvalue weighted by Gasteiger charge is -2.13. The molecule has 0 spiro atoms. The molecular formula is C21H22N4O3. The zero-order valence-electron chi connectivity index (χ0n) is 16.1. The third kappa shape index (κ3) is 4.25. The largest absolute Gasteiger partial charge is 0.345 e. The summed E-state index contributed by atoms with van der Waals surface area (Å²) in [5, 5.41) is 10.6. The monoisotopic (exact) mass is 378 g/mol. The van der Waals surface area contributed by atoms with Crippen LogP contribution in [0.5, 0.6) is 0 Å². The van der Waals surface area contributed by atoms with Gasteiger partial charge in [0.2, 0.25) is 11.8 Å². The molecule has 2 amide bonds. The van der Waals surface area contributed by atoms with Crippen molar-refractivity contribution in [1.82, 2.24) is 15.1 Å². The van der Waals surface area contributed by atoms with Crippen molar-refractivity contribution in [2.45, 2.75) is 27.3 Å². The molecule has 1 heterocycles. The molecule has 7 nitrogen and oxygen atoms in total. The lowest BCUT2D eigenvalue weighted by atomic mass is 10.1. The van der Waals surface area contributed by atoms with Crippen molar-refractivity contribution in [2.24, 2.45) is 0 Å². The number of hydrogen-bond acceptors (Lipinski definition) is 4. The quantitative estimate of drug-likeness (QED) is 0.711. The summed E-state index contributed by atoms with van der Waals surface area (Å²) < 4.78 is 1.09. The van der Waals surface area contributed by atoms with Crippen molar-refractivity contribution in [2.75, 3.05) is 11.9 Å². The lowest BCUT2D eigenvalue weighted by molar-refractivity contribution is -0.124. The highest BCUT2D eigenvalue weighted by Crippen LogP contribution is 2.21. The summed E-state index contributed by atoms with van der Waals surface area (Å²) >= 11 is 0. The Balaban J connectivity index is 1.61. The van der Waals surface area contributed by atoms with Gasteiger partial charge in [0.25, 0.3) is 5.56 Å². The fourth-order valence-electron chi connectivity index (χ4n) is 3.17. The molecule has 0 saturated heterocycles. The number of benzene rings is 2. The zero-order valence-corrected chi connectivity index (χ0v) is 16.1. The number of nitrogens with one attached hydrogen (secondary N) is 2. The number of aromatic nitrogens is 2. The fraction of sp³-hybridized carbons (Fsp3) is 0.238. The van der Waals surface area contributed by atoms with E-state index in [1.807, 2.05) is 39.0 Å². The summed E-state index contributed by atoms with van der Waals surface area (Å²) in [7, 11) is 0. The summed E-state index contributed by atoms with van der Waals surface area (Å²) in [5.41, 5.74) is 3.45. The van der Waals surface area contributed by atoms with Gasteiger partial charge in [0.1, 0.15) is 6.54 Å². The van der Waals surface area contributed by atoms with Crippen LogP contribution >= 0.6 is 0 Å². The van der Waals surface area contributed by atoms with Crippen LogP contribution < -0.4 is 16.2 Å². The van der Waals surface area contributed by atoms with E-state index >= 15 is 0 Å². The molecular weight excluding hydrogens is 356 g/mol. The van der Waals surface area contributed by atoms with Gasteiger partial charge in [-0.15, -0.1) is 0 Å². The number of rotatable bonds is 5. The highest BCUT2D eigenvalue weighted by Gasteiger charge is 2.12. The Labute approximate surface area is 162 Å². The lowest BCUT2D eigenvalue weighted by Crippen LogP contribution is -2.37. The maximum absolute atomic E-state index is 12.4. The van der Waals surface area contributed by atoms with Gasteiger partial charge in [0.15, 0.2) is 0 Å². The topological polar surface area (TPSA) is 93.1 Å². The van der Waals surface area contributed by atoms with Crippen LogP contribution in [-0.4, -0.2) is 28.1 Å². The van der Waals surface area contributed by atoms with Gasteiger partial charge in [0.05, 0.1) is 18.1 Å². The van der Waals surface area contributed by atoms with E-state index < -0.39 is 5.91 Å². The molecule has 3 aromatic rings. The number of fused-ring (bicyclic) bond motifs is 1. The second-order valence-electron chi connectivity index (χ2n) is 6.79. The summed E-state index contributed by atoms with van der Waals surface area (Å²) in [6, 6.07) is 11.0. The second-order valence-corrected chi connectivity index (χ2v) is 6.79. The van der Waals surface area contributed by atoms with E-state index in [1.165, 1.54) is 0 Å². The third-order valence-electron chi connectivity index (χ3n) is 4.44. The number of carbonyl (C=O) groups excluding carboxylic acids is 2. The molecule has 0 aliphatic carbocycles. The Morgan fingerprint density at radius 3 is 2.43 bits per heavy atom. The van der Waals surface area contributed by atoms with E-state index in [0.29, 0.717) is 10.8 Å².